The molecule has 1 rings (SSSR count). The molecule has 0 bridgehead atoms. The number of unbranched alkanes of at least 4 members (excludes halogenated alkanes) is 1. The average molecular weight is 482 g/mol. The minimum absolute atomic E-state index is 0.649. The van der Waals surface area contributed by atoms with Crippen LogP contribution in [-0.2, 0) is 19.8 Å². The van der Waals surface area contributed by atoms with Gasteiger partial charge in [-0.05, 0) is 62.3 Å². The van der Waals surface area contributed by atoms with Crippen molar-refractivity contribution in [3.63, 3.8) is 0 Å². The van der Waals surface area contributed by atoms with Gasteiger partial charge in [-0.1, -0.05) is 71.9 Å². The molecule has 0 fully saturated rings. The molecule has 186 valence electrons. The molecule has 6 heteroatoms. The van der Waals surface area contributed by atoms with Crippen molar-refractivity contribution in [1.82, 2.24) is 4.57 Å². The van der Waals surface area contributed by atoms with Gasteiger partial charge in [0.1, 0.15) is 8.24 Å². The minimum atomic E-state index is -2.56. The Bertz CT molecular complexity index is 572. The van der Waals surface area contributed by atoms with Crippen molar-refractivity contribution >= 4 is 17.0 Å². The quantitative estimate of drug-likeness (QED) is 0.170. The molecule has 0 amide bonds. The van der Waals surface area contributed by atoms with Gasteiger partial charge in [-0.2, -0.15) is 0 Å². The molecule has 0 aliphatic heterocycles. The summed E-state index contributed by atoms with van der Waals surface area (Å²) in [6, 6.07) is 11.9. The van der Waals surface area contributed by atoms with E-state index in [1.165, 1.54) is 5.56 Å². The highest BCUT2D eigenvalue weighted by Crippen LogP contribution is 2.44. The Balaban J connectivity index is 3.06. The van der Waals surface area contributed by atoms with E-state index in [9.17, 15) is 0 Å². The van der Waals surface area contributed by atoms with Gasteiger partial charge in [-0.15, -0.1) is 0 Å². The van der Waals surface area contributed by atoms with Crippen LogP contribution in [0.4, 0.5) is 0 Å². The highest BCUT2D eigenvalue weighted by Gasteiger charge is 2.48. The number of hydrogen-bond donors (Lipinski definition) is 0. The zero-order valence-electron chi connectivity index (χ0n) is 22.4. The zero-order chi connectivity index (χ0) is 24.2. The van der Waals surface area contributed by atoms with E-state index in [1.54, 1.807) is 0 Å². The van der Waals surface area contributed by atoms with E-state index in [0.717, 1.165) is 32.0 Å². The van der Waals surface area contributed by atoms with Crippen molar-refractivity contribution in [2.45, 2.75) is 104 Å². The molecule has 0 N–H and O–H groups in total. The second-order valence-corrected chi connectivity index (χ2v) is 18.3. The predicted octanol–water partition coefficient (Wildman–Crippen LogP) is 7.49. The topological polar surface area (TPSA) is 30.9 Å². The first-order chi connectivity index (χ1) is 15.2. The van der Waals surface area contributed by atoms with E-state index in [2.05, 4.69) is 76.4 Å². The highest BCUT2D eigenvalue weighted by molar-refractivity contribution is 6.80. The van der Waals surface area contributed by atoms with Crippen molar-refractivity contribution in [2.75, 3.05) is 26.4 Å². The zero-order valence-corrected chi connectivity index (χ0v) is 24.4. The fourth-order valence-electron chi connectivity index (χ4n) is 5.95. The van der Waals surface area contributed by atoms with E-state index in [4.69, 9.17) is 13.3 Å². The Labute approximate surface area is 201 Å². The van der Waals surface area contributed by atoms with Crippen LogP contribution >= 0.6 is 0 Å². The maximum atomic E-state index is 6.08. The van der Waals surface area contributed by atoms with Crippen LogP contribution in [0.5, 0.6) is 0 Å². The van der Waals surface area contributed by atoms with Gasteiger partial charge in [0.2, 0.25) is 0 Å². The Morgan fingerprint density at radius 2 is 1.19 bits per heavy atom. The summed E-state index contributed by atoms with van der Waals surface area (Å²) in [6.07, 6.45) is 2.23. The minimum Gasteiger partial charge on any atom is -0.374 e. The fourth-order valence-corrected chi connectivity index (χ4v) is 15.8. The van der Waals surface area contributed by atoms with Gasteiger partial charge in [-0.3, -0.25) is 0 Å². The first kappa shape index (κ1) is 29.5. The molecule has 0 atom stereocenters. The average Bonchev–Trinajstić information content (AvgIpc) is 2.72. The summed E-state index contributed by atoms with van der Waals surface area (Å²) in [6.45, 7) is 25.0. The third-order valence-corrected chi connectivity index (χ3v) is 17.0. The van der Waals surface area contributed by atoms with E-state index in [1.807, 2.05) is 20.8 Å². The smallest absolute Gasteiger partial charge is 0.374 e. The summed E-state index contributed by atoms with van der Waals surface area (Å²) >= 11 is 0. The molecule has 0 aromatic heterocycles. The Morgan fingerprint density at radius 1 is 0.719 bits per heavy atom. The van der Waals surface area contributed by atoms with Gasteiger partial charge >= 0.3 is 8.80 Å². The molecule has 32 heavy (non-hydrogen) atoms. The molecule has 0 saturated heterocycles. The van der Waals surface area contributed by atoms with Crippen LogP contribution in [0.3, 0.4) is 0 Å². The molecule has 0 aliphatic carbocycles. The maximum Gasteiger partial charge on any atom is 0.500 e. The summed E-state index contributed by atoms with van der Waals surface area (Å²) in [4.78, 5) is 0. The van der Waals surface area contributed by atoms with Gasteiger partial charge in [0.25, 0.3) is 0 Å². The van der Waals surface area contributed by atoms with Crippen LogP contribution in [0.15, 0.2) is 30.3 Å². The van der Waals surface area contributed by atoms with E-state index in [0.29, 0.717) is 36.4 Å². The van der Waals surface area contributed by atoms with E-state index >= 15 is 0 Å². The van der Waals surface area contributed by atoms with Crippen molar-refractivity contribution in [3.8, 4) is 0 Å². The normalized spacial score (nSPS) is 13.2. The SMILES string of the molecule is CCO[Si](CCCCN(Cc1ccccc1)[Si](C(C)C)(C(C)C)C(C)C)(OCC)OCC. The molecule has 0 spiro atoms. The third kappa shape index (κ3) is 7.78. The lowest BCUT2D eigenvalue weighted by Gasteiger charge is -2.51. The summed E-state index contributed by atoms with van der Waals surface area (Å²) < 4.78 is 21.2. The third-order valence-electron chi connectivity index (χ3n) is 6.79. The monoisotopic (exact) mass is 481 g/mol. The molecular formula is C26H51NO3Si2. The highest BCUT2D eigenvalue weighted by atomic mass is 28.4. The maximum absolute atomic E-state index is 6.08. The number of rotatable bonds is 17. The second-order valence-electron chi connectivity index (χ2n) is 9.70. The molecule has 0 radical (unpaired) electrons. The first-order valence-electron chi connectivity index (χ1n) is 12.9. The van der Waals surface area contributed by atoms with Crippen LogP contribution in [0.25, 0.3) is 0 Å². The van der Waals surface area contributed by atoms with Crippen LogP contribution in [0, 0.1) is 0 Å². The largest absolute Gasteiger partial charge is 0.500 e. The van der Waals surface area contributed by atoms with Gasteiger partial charge in [0.15, 0.2) is 0 Å². The number of nitrogens with zero attached hydrogens (tertiary/aromatic N) is 1. The lowest BCUT2D eigenvalue weighted by atomic mass is 10.2. The number of hydrogen-bond acceptors (Lipinski definition) is 4. The second kappa shape index (κ2) is 14.7. The molecule has 0 unspecified atom stereocenters. The summed E-state index contributed by atoms with van der Waals surface area (Å²) in [5.41, 5.74) is 3.54. The Morgan fingerprint density at radius 3 is 1.59 bits per heavy atom. The molecule has 1 aromatic rings. The van der Waals surface area contributed by atoms with Crippen molar-refractivity contribution < 1.29 is 13.3 Å². The van der Waals surface area contributed by atoms with Crippen LogP contribution < -0.4 is 0 Å². The summed E-state index contributed by atoms with van der Waals surface area (Å²) in [5, 5.41) is 0. The molecule has 0 heterocycles. The lowest BCUT2D eigenvalue weighted by molar-refractivity contribution is 0.0705. The molecule has 0 aliphatic rings. The van der Waals surface area contributed by atoms with Crippen LogP contribution in [0.2, 0.25) is 22.7 Å². The molecule has 1 aromatic carbocycles. The van der Waals surface area contributed by atoms with Gasteiger partial charge in [0.05, 0.1) is 0 Å². The van der Waals surface area contributed by atoms with Crippen LogP contribution in [0.1, 0.15) is 80.7 Å². The van der Waals surface area contributed by atoms with E-state index < -0.39 is 17.0 Å². The van der Waals surface area contributed by atoms with Crippen molar-refractivity contribution in [2.24, 2.45) is 0 Å². The fraction of sp³-hybridized carbons (Fsp3) is 0.769. The van der Waals surface area contributed by atoms with Crippen molar-refractivity contribution in [3.05, 3.63) is 35.9 Å². The molecule has 4 nitrogen and oxygen atoms in total. The summed E-state index contributed by atoms with van der Waals surface area (Å²) in [7, 11) is -4.29. The first-order valence-corrected chi connectivity index (χ1v) is 17.0. The van der Waals surface area contributed by atoms with Gasteiger partial charge in [0, 0.05) is 32.4 Å². The molecule has 0 saturated carbocycles. The standard InChI is InChI=1S/C26H51NO3Si2/c1-10-28-31(29-11-2,30-12-3)21-17-16-20-27(22-26-18-14-13-15-19-26)32(23(4)5,24(6)7)25(8)9/h13-15,18-19,23-25H,10-12,16-17,20-22H2,1-9H3. The Hall–Kier alpha value is -0.506. The van der Waals surface area contributed by atoms with Gasteiger partial charge in [-0.25, -0.2) is 0 Å². The van der Waals surface area contributed by atoms with Crippen molar-refractivity contribution in [1.29, 1.82) is 0 Å². The summed E-state index contributed by atoms with van der Waals surface area (Å²) in [5.74, 6) is 0. The molecular weight excluding hydrogens is 430 g/mol. The van der Waals surface area contributed by atoms with E-state index in [-0.39, 0.29) is 0 Å². The Kier molecular flexibility index (Phi) is 13.6. The predicted molar refractivity (Wildman–Crippen MR) is 143 cm³/mol. The number of benzene rings is 1. The van der Waals surface area contributed by atoms with Gasteiger partial charge < -0.3 is 17.8 Å². The van der Waals surface area contributed by atoms with Crippen LogP contribution in [-0.4, -0.2) is 48.0 Å². The lowest BCUT2D eigenvalue weighted by Crippen LogP contribution is -2.60.